The number of Topliss-reactive ketones (excluding diaryl/α,β-unsaturated/α-hetero) is 1. The minimum Gasteiger partial charge on any atom is -0.401 e. The van der Waals surface area contributed by atoms with Gasteiger partial charge in [-0.05, 0) is 24.6 Å². The molecule has 9 heteroatoms. The van der Waals surface area contributed by atoms with Gasteiger partial charge in [-0.3, -0.25) is 14.2 Å². The number of ketones is 1. The van der Waals surface area contributed by atoms with Gasteiger partial charge < -0.3 is 10.6 Å². The quantitative estimate of drug-likeness (QED) is 0.782. The zero-order valence-corrected chi connectivity index (χ0v) is 16.0. The lowest BCUT2D eigenvalue weighted by molar-refractivity contribution is 0.101. The first kappa shape index (κ1) is 18.7. The largest absolute Gasteiger partial charge is 0.401 e. The molecule has 5 rings (SSSR count). The fraction of sp³-hybridized carbons (Fsp3) is 0.286. The number of carbonyl (C=O) groups excluding carboxylic acids is 1. The molecule has 0 bridgehead atoms. The Morgan fingerprint density at radius 1 is 1.33 bits per heavy atom. The lowest BCUT2D eigenvalue weighted by Crippen LogP contribution is -2.26. The predicted octanol–water partition coefficient (Wildman–Crippen LogP) is 2.84. The first-order valence-electron chi connectivity index (χ1n) is 9.48. The number of alkyl halides is 1. The maximum Gasteiger partial charge on any atom is 0.201 e. The van der Waals surface area contributed by atoms with Gasteiger partial charge in [0.05, 0.1) is 16.6 Å². The topological polar surface area (TPSA) is 81.2 Å². The van der Waals surface area contributed by atoms with Crippen LogP contribution in [0, 0.1) is 11.7 Å². The third-order valence-electron chi connectivity index (χ3n) is 5.81. The zero-order chi connectivity index (χ0) is 21.3. The fourth-order valence-electron chi connectivity index (χ4n) is 4.12. The average Bonchev–Trinajstić information content (AvgIpc) is 3.10. The highest BCUT2D eigenvalue weighted by Crippen LogP contribution is 2.43. The summed E-state index contributed by atoms with van der Waals surface area (Å²) in [4.78, 5) is 30.8. The number of aromatic nitrogens is 2. The third-order valence-corrected chi connectivity index (χ3v) is 5.81. The van der Waals surface area contributed by atoms with Crippen LogP contribution < -0.4 is 16.1 Å². The number of anilines is 1. The number of nitrogens with zero attached hydrogens (tertiary/aromatic N) is 3. The van der Waals surface area contributed by atoms with Crippen LogP contribution in [0.2, 0.25) is 0 Å². The molecule has 1 aliphatic heterocycles. The molecule has 0 saturated carbocycles. The molecular formula is C21H17F3N4O2. The number of rotatable bonds is 3. The van der Waals surface area contributed by atoms with Crippen molar-refractivity contribution in [1.29, 1.82) is 0 Å². The molecule has 0 aromatic carbocycles. The Morgan fingerprint density at radius 3 is 2.73 bits per heavy atom. The Balaban J connectivity index is 1.74. The van der Waals surface area contributed by atoms with Crippen molar-refractivity contribution in [2.45, 2.75) is 19.5 Å². The minimum atomic E-state index is -1.47. The van der Waals surface area contributed by atoms with Crippen molar-refractivity contribution in [3.8, 4) is 0 Å². The second-order valence-corrected chi connectivity index (χ2v) is 7.73. The van der Waals surface area contributed by atoms with Crippen LogP contribution >= 0.6 is 0 Å². The molecule has 2 atom stereocenters. The number of hydrogen-bond acceptors (Lipinski definition) is 5. The Bertz CT molecular complexity index is 1290. The molecule has 6 nitrogen and oxygen atoms in total. The maximum absolute atomic E-state index is 14.9. The van der Waals surface area contributed by atoms with Crippen LogP contribution in [0.1, 0.15) is 23.7 Å². The molecule has 3 aliphatic rings. The van der Waals surface area contributed by atoms with E-state index in [2.05, 4.69) is 4.98 Å². The van der Waals surface area contributed by atoms with Gasteiger partial charge in [0.2, 0.25) is 5.43 Å². The van der Waals surface area contributed by atoms with Gasteiger partial charge >= 0.3 is 0 Å². The molecule has 2 N–H and O–H groups in total. The van der Waals surface area contributed by atoms with Crippen LogP contribution in [0.15, 0.2) is 46.3 Å². The molecule has 154 valence electrons. The number of nitrogens with two attached hydrogens (primary N) is 1. The van der Waals surface area contributed by atoms with E-state index in [1.807, 2.05) is 0 Å². The summed E-state index contributed by atoms with van der Waals surface area (Å²) >= 11 is 0. The molecule has 30 heavy (non-hydrogen) atoms. The zero-order valence-electron chi connectivity index (χ0n) is 16.0. The fourth-order valence-corrected chi connectivity index (χ4v) is 4.12. The van der Waals surface area contributed by atoms with E-state index in [0.717, 1.165) is 23.4 Å². The lowest BCUT2D eigenvalue weighted by atomic mass is 10.1. The summed E-state index contributed by atoms with van der Waals surface area (Å²) < 4.78 is 44.2. The summed E-state index contributed by atoms with van der Waals surface area (Å²) in [6.07, 6.45) is 1.79. The van der Waals surface area contributed by atoms with Gasteiger partial charge in [-0.15, -0.1) is 0 Å². The number of fused-ring (bicyclic) bond motifs is 2. The number of allylic oxidation sites excluding steroid dienone is 4. The first-order chi connectivity index (χ1) is 14.3. The van der Waals surface area contributed by atoms with Crippen LogP contribution in [-0.2, 0) is 0 Å². The van der Waals surface area contributed by atoms with Gasteiger partial charge in [0.15, 0.2) is 23.1 Å². The maximum atomic E-state index is 14.9. The van der Waals surface area contributed by atoms with E-state index >= 15 is 0 Å². The third kappa shape index (κ3) is 2.68. The van der Waals surface area contributed by atoms with Crippen molar-refractivity contribution in [1.82, 2.24) is 9.55 Å². The van der Waals surface area contributed by atoms with Crippen LogP contribution in [0.3, 0.4) is 0 Å². The highest BCUT2D eigenvalue weighted by Gasteiger charge is 2.43. The smallest absolute Gasteiger partial charge is 0.201 e. The highest BCUT2D eigenvalue weighted by molar-refractivity contribution is 5.98. The van der Waals surface area contributed by atoms with Gasteiger partial charge in [-0.1, -0.05) is 6.08 Å². The van der Waals surface area contributed by atoms with E-state index in [-0.39, 0.29) is 40.5 Å². The summed E-state index contributed by atoms with van der Waals surface area (Å²) in [5.74, 6) is -1.98. The van der Waals surface area contributed by atoms with Crippen LogP contribution in [0.25, 0.3) is 16.7 Å². The van der Waals surface area contributed by atoms with E-state index in [0.29, 0.717) is 13.1 Å². The lowest BCUT2D eigenvalue weighted by Gasteiger charge is -2.22. The summed E-state index contributed by atoms with van der Waals surface area (Å²) in [5.41, 5.74) is 6.72. The number of pyridine rings is 2. The Morgan fingerprint density at radius 2 is 2.10 bits per heavy atom. The monoisotopic (exact) mass is 414 g/mol. The second-order valence-electron chi connectivity index (χ2n) is 7.73. The van der Waals surface area contributed by atoms with Crippen LogP contribution in [0.5, 0.6) is 0 Å². The van der Waals surface area contributed by atoms with Crippen molar-refractivity contribution in [2.24, 2.45) is 11.7 Å². The summed E-state index contributed by atoms with van der Waals surface area (Å²) in [6, 6.07) is 1.02. The number of hydrogen-bond donors (Lipinski definition) is 1. The molecule has 0 amide bonds. The average molecular weight is 414 g/mol. The molecule has 3 heterocycles. The molecule has 2 aromatic heterocycles. The van der Waals surface area contributed by atoms with E-state index in [1.165, 1.54) is 23.8 Å². The van der Waals surface area contributed by atoms with Crippen molar-refractivity contribution < 1.29 is 18.0 Å². The molecule has 2 aliphatic carbocycles. The van der Waals surface area contributed by atoms with Crippen LogP contribution in [-0.4, -0.2) is 34.6 Å². The first-order valence-corrected chi connectivity index (χ1v) is 9.48. The second kappa shape index (κ2) is 6.32. The van der Waals surface area contributed by atoms with Crippen molar-refractivity contribution in [2.75, 3.05) is 18.0 Å². The molecule has 2 aromatic rings. The molecule has 1 saturated heterocycles. The van der Waals surface area contributed by atoms with Crippen LogP contribution in [0.4, 0.5) is 19.0 Å². The highest BCUT2D eigenvalue weighted by atomic mass is 19.1. The summed E-state index contributed by atoms with van der Waals surface area (Å²) in [6.45, 7) is 2.10. The molecule has 2 unspecified atom stereocenters. The molecular weight excluding hydrogens is 397 g/mol. The van der Waals surface area contributed by atoms with Crippen molar-refractivity contribution in [3.05, 3.63) is 63.1 Å². The molecule has 0 radical (unpaired) electrons. The van der Waals surface area contributed by atoms with Crippen molar-refractivity contribution in [3.63, 3.8) is 0 Å². The van der Waals surface area contributed by atoms with Gasteiger partial charge in [-0.2, -0.15) is 0 Å². The van der Waals surface area contributed by atoms with E-state index < -0.39 is 29.0 Å². The summed E-state index contributed by atoms with van der Waals surface area (Å²) in [5, 5.41) is -0.150. The van der Waals surface area contributed by atoms with Gasteiger partial charge in [-0.25, -0.2) is 18.2 Å². The van der Waals surface area contributed by atoms with E-state index in [9.17, 15) is 22.8 Å². The van der Waals surface area contributed by atoms with Gasteiger partial charge in [0, 0.05) is 37.3 Å². The summed E-state index contributed by atoms with van der Waals surface area (Å²) in [7, 11) is 0. The number of carbonyl (C=O) groups is 1. The molecule has 0 spiro atoms. The number of halogens is 3. The SMILES string of the molecule is CC(=O)c1cn(C2=CCC(F)C=C2F)c2nc(N3CC4=C(N)C4C3)c(F)cc2c1=O. The predicted molar refractivity (Wildman–Crippen MR) is 106 cm³/mol. The molecule has 1 fully saturated rings. The van der Waals surface area contributed by atoms with Crippen molar-refractivity contribution >= 4 is 28.3 Å². The minimum absolute atomic E-state index is 0.00367. The Hall–Kier alpha value is -3.36. The normalized spacial score (nSPS) is 22.9. The Kier molecular flexibility index (Phi) is 3.93. The standard InChI is InChI=1S/C21H17F3N4O2/c1-9(29)12-8-28(17-3-2-10(22)4-15(17)23)20-11(19(12)30)5-16(24)21(26-20)27-6-13-14(7-27)18(13)25/h3-5,8,10,13H,2,6-7,25H2,1H3. The van der Waals surface area contributed by atoms with Gasteiger partial charge in [0.1, 0.15) is 12.0 Å². The van der Waals surface area contributed by atoms with E-state index in [4.69, 9.17) is 5.73 Å². The van der Waals surface area contributed by atoms with Gasteiger partial charge in [0.25, 0.3) is 0 Å². The Labute approximate surface area is 168 Å². The van der Waals surface area contributed by atoms with E-state index in [1.54, 1.807) is 4.90 Å².